The van der Waals surface area contributed by atoms with Gasteiger partial charge in [-0.2, -0.15) is 5.10 Å². The quantitative estimate of drug-likeness (QED) is 0.442. The van der Waals surface area contributed by atoms with Gasteiger partial charge in [0.2, 0.25) is 5.91 Å². The summed E-state index contributed by atoms with van der Waals surface area (Å²) in [6.45, 7) is 1.67. The van der Waals surface area contributed by atoms with E-state index in [-0.39, 0.29) is 18.0 Å². The molecule has 0 aliphatic carbocycles. The number of halogens is 1. The molecule has 0 spiro atoms. The minimum atomic E-state index is -0.414. The fourth-order valence-corrected chi connectivity index (χ4v) is 2.07. The SMILES string of the molecule is C/C(CC(=O)Nc1ccc(I)cc1)=N/NC(=O)c1ccccn1. The van der Waals surface area contributed by atoms with Crippen LogP contribution in [0.15, 0.2) is 53.8 Å². The van der Waals surface area contributed by atoms with Gasteiger partial charge >= 0.3 is 0 Å². The molecule has 0 aliphatic heterocycles. The van der Waals surface area contributed by atoms with Gasteiger partial charge in [0.1, 0.15) is 5.69 Å². The van der Waals surface area contributed by atoms with Crippen LogP contribution in [0.4, 0.5) is 5.69 Å². The summed E-state index contributed by atoms with van der Waals surface area (Å²) in [4.78, 5) is 27.6. The standard InChI is InChI=1S/C16H15IN4O2/c1-11(20-21-16(23)14-4-2-3-9-18-14)10-15(22)19-13-7-5-12(17)6-8-13/h2-9H,10H2,1H3,(H,19,22)(H,21,23)/b20-11-. The smallest absolute Gasteiger partial charge is 0.289 e. The van der Waals surface area contributed by atoms with Gasteiger partial charge in [0.15, 0.2) is 0 Å². The van der Waals surface area contributed by atoms with E-state index in [4.69, 9.17) is 0 Å². The van der Waals surface area contributed by atoms with Crippen LogP contribution in [0, 0.1) is 3.57 Å². The molecule has 2 N–H and O–H groups in total. The highest BCUT2D eigenvalue weighted by atomic mass is 127. The summed E-state index contributed by atoms with van der Waals surface area (Å²) in [7, 11) is 0. The van der Waals surface area contributed by atoms with Gasteiger partial charge in [0.05, 0.1) is 6.42 Å². The number of pyridine rings is 1. The number of hydrazone groups is 1. The number of hydrogen-bond acceptors (Lipinski definition) is 4. The van der Waals surface area contributed by atoms with E-state index >= 15 is 0 Å². The van der Waals surface area contributed by atoms with Gasteiger partial charge < -0.3 is 5.32 Å². The first-order valence-corrected chi connectivity index (χ1v) is 7.92. The molecule has 0 saturated heterocycles. The maximum atomic E-state index is 11.9. The highest BCUT2D eigenvalue weighted by Gasteiger charge is 2.07. The highest BCUT2D eigenvalue weighted by molar-refractivity contribution is 14.1. The number of benzene rings is 1. The molecule has 2 aromatic rings. The molecule has 6 nitrogen and oxygen atoms in total. The number of carbonyl (C=O) groups is 2. The molecule has 1 aromatic heterocycles. The number of nitrogens with zero attached hydrogens (tertiary/aromatic N) is 2. The van der Waals surface area contributed by atoms with Crippen LogP contribution in [0.2, 0.25) is 0 Å². The fourth-order valence-electron chi connectivity index (χ4n) is 1.71. The Balaban J connectivity index is 1.85. The molecule has 0 atom stereocenters. The summed E-state index contributed by atoms with van der Waals surface area (Å²) >= 11 is 2.19. The van der Waals surface area contributed by atoms with Crippen molar-refractivity contribution in [1.29, 1.82) is 0 Å². The Labute approximate surface area is 147 Å². The maximum Gasteiger partial charge on any atom is 0.289 e. The molecule has 1 heterocycles. The van der Waals surface area contributed by atoms with Crippen LogP contribution in [0.5, 0.6) is 0 Å². The van der Waals surface area contributed by atoms with E-state index in [2.05, 4.69) is 43.4 Å². The van der Waals surface area contributed by atoms with Crippen LogP contribution in [-0.4, -0.2) is 22.5 Å². The van der Waals surface area contributed by atoms with Crippen molar-refractivity contribution < 1.29 is 9.59 Å². The number of nitrogens with one attached hydrogen (secondary N) is 2. The average Bonchev–Trinajstić information content (AvgIpc) is 2.55. The van der Waals surface area contributed by atoms with Crippen LogP contribution in [0.25, 0.3) is 0 Å². The molecule has 7 heteroatoms. The van der Waals surface area contributed by atoms with Crippen LogP contribution >= 0.6 is 22.6 Å². The number of hydrogen-bond donors (Lipinski definition) is 2. The molecule has 23 heavy (non-hydrogen) atoms. The van der Waals surface area contributed by atoms with E-state index in [0.717, 1.165) is 9.26 Å². The number of carbonyl (C=O) groups excluding carboxylic acids is 2. The third-order valence-corrected chi connectivity index (χ3v) is 3.51. The summed E-state index contributed by atoms with van der Waals surface area (Å²) in [5.74, 6) is -0.609. The molecule has 118 valence electrons. The van der Waals surface area contributed by atoms with Crippen molar-refractivity contribution in [2.75, 3.05) is 5.32 Å². The van der Waals surface area contributed by atoms with E-state index in [1.807, 2.05) is 24.3 Å². The fraction of sp³-hybridized carbons (Fsp3) is 0.125. The largest absolute Gasteiger partial charge is 0.326 e. The lowest BCUT2D eigenvalue weighted by Gasteiger charge is -2.05. The Bertz CT molecular complexity index is 715. The first-order valence-electron chi connectivity index (χ1n) is 6.84. The molecule has 0 radical (unpaired) electrons. The Kier molecular flexibility index (Phi) is 6.21. The zero-order valence-electron chi connectivity index (χ0n) is 12.4. The Morgan fingerprint density at radius 1 is 1.17 bits per heavy atom. The number of aromatic nitrogens is 1. The van der Waals surface area contributed by atoms with E-state index < -0.39 is 5.91 Å². The van der Waals surface area contributed by atoms with Crippen molar-refractivity contribution >= 4 is 45.8 Å². The van der Waals surface area contributed by atoms with Gasteiger partial charge in [-0.25, -0.2) is 5.43 Å². The summed E-state index contributed by atoms with van der Waals surface area (Å²) in [6.07, 6.45) is 1.62. The minimum Gasteiger partial charge on any atom is -0.326 e. The van der Waals surface area contributed by atoms with Crippen molar-refractivity contribution in [2.45, 2.75) is 13.3 Å². The van der Waals surface area contributed by atoms with Gasteiger partial charge in [-0.1, -0.05) is 6.07 Å². The average molecular weight is 422 g/mol. The predicted octanol–water partition coefficient (Wildman–Crippen LogP) is 2.82. The van der Waals surface area contributed by atoms with Crippen molar-refractivity contribution in [1.82, 2.24) is 10.4 Å². The monoisotopic (exact) mass is 422 g/mol. The number of rotatable bonds is 5. The molecule has 0 fully saturated rings. The van der Waals surface area contributed by atoms with Crippen LogP contribution in [0.3, 0.4) is 0 Å². The van der Waals surface area contributed by atoms with E-state index in [1.165, 1.54) is 6.20 Å². The van der Waals surface area contributed by atoms with Crippen molar-refractivity contribution in [3.05, 3.63) is 57.9 Å². The molecule has 0 saturated carbocycles. The summed E-state index contributed by atoms with van der Waals surface area (Å²) in [5.41, 5.74) is 3.87. The van der Waals surface area contributed by atoms with Gasteiger partial charge in [-0.15, -0.1) is 0 Å². The summed E-state index contributed by atoms with van der Waals surface area (Å²) in [5, 5.41) is 6.68. The Hall–Kier alpha value is -2.29. The number of anilines is 1. The Morgan fingerprint density at radius 2 is 1.91 bits per heavy atom. The minimum absolute atomic E-state index is 0.0918. The van der Waals surface area contributed by atoms with E-state index in [0.29, 0.717) is 5.71 Å². The lowest BCUT2D eigenvalue weighted by atomic mass is 10.2. The van der Waals surface area contributed by atoms with Crippen LogP contribution in [-0.2, 0) is 4.79 Å². The van der Waals surface area contributed by atoms with Crippen molar-refractivity contribution in [3.63, 3.8) is 0 Å². The highest BCUT2D eigenvalue weighted by Crippen LogP contribution is 2.11. The molecular weight excluding hydrogens is 407 g/mol. The molecule has 0 aliphatic rings. The summed E-state index contributed by atoms with van der Waals surface area (Å²) in [6, 6.07) is 12.5. The number of amides is 2. The lowest BCUT2D eigenvalue weighted by Crippen LogP contribution is -2.22. The zero-order chi connectivity index (χ0) is 16.7. The van der Waals surface area contributed by atoms with Gasteiger partial charge in [0, 0.05) is 21.2 Å². The second-order valence-electron chi connectivity index (χ2n) is 4.73. The first-order chi connectivity index (χ1) is 11.0. The molecule has 2 amide bonds. The first kappa shape index (κ1) is 17.1. The van der Waals surface area contributed by atoms with E-state index in [9.17, 15) is 9.59 Å². The third-order valence-electron chi connectivity index (χ3n) is 2.79. The molecule has 1 aromatic carbocycles. The van der Waals surface area contributed by atoms with Crippen molar-refractivity contribution in [3.8, 4) is 0 Å². The van der Waals surface area contributed by atoms with Gasteiger partial charge in [-0.05, 0) is 65.9 Å². The van der Waals surface area contributed by atoms with E-state index in [1.54, 1.807) is 25.1 Å². The van der Waals surface area contributed by atoms with Crippen LogP contribution < -0.4 is 10.7 Å². The second kappa shape index (κ2) is 8.37. The third kappa shape index (κ3) is 5.78. The Morgan fingerprint density at radius 3 is 2.57 bits per heavy atom. The molecule has 2 rings (SSSR count). The second-order valence-corrected chi connectivity index (χ2v) is 5.98. The van der Waals surface area contributed by atoms with Crippen molar-refractivity contribution in [2.24, 2.45) is 5.10 Å². The van der Waals surface area contributed by atoms with Crippen LogP contribution in [0.1, 0.15) is 23.8 Å². The predicted molar refractivity (Wildman–Crippen MR) is 97.2 cm³/mol. The zero-order valence-corrected chi connectivity index (χ0v) is 14.6. The molecule has 0 bridgehead atoms. The molecule has 0 unspecified atom stereocenters. The van der Waals surface area contributed by atoms with Gasteiger partial charge in [0.25, 0.3) is 5.91 Å². The van der Waals surface area contributed by atoms with Gasteiger partial charge in [-0.3, -0.25) is 14.6 Å². The topological polar surface area (TPSA) is 83.5 Å². The normalized spacial score (nSPS) is 11.0. The lowest BCUT2D eigenvalue weighted by molar-refractivity contribution is -0.115. The summed E-state index contributed by atoms with van der Waals surface area (Å²) < 4.78 is 1.09. The molecular formula is C16H15IN4O2. The maximum absolute atomic E-state index is 11.9.